The molecule has 2 aromatic rings. The summed E-state index contributed by atoms with van der Waals surface area (Å²) in [4.78, 5) is 32.1. The number of likely N-dealkylation sites (tertiary alicyclic amines) is 1. The van der Waals surface area contributed by atoms with Gasteiger partial charge in [0, 0.05) is 32.6 Å². The molecular weight excluding hydrogens is 374 g/mol. The highest BCUT2D eigenvalue weighted by atomic mass is 16.2. The van der Waals surface area contributed by atoms with Crippen LogP contribution < -0.4 is 0 Å². The van der Waals surface area contributed by atoms with Gasteiger partial charge in [0.15, 0.2) is 0 Å². The molecule has 1 fully saturated rings. The molecule has 2 amide bonds. The van der Waals surface area contributed by atoms with Crippen LogP contribution in [0.15, 0.2) is 54.6 Å². The Morgan fingerprint density at radius 1 is 0.967 bits per heavy atom. The van der Waals surface area contributed by atoms with E-state index in [0.29, 0.717) is 26.1 Å². The monoisotopic (exact) mass is 407 g/mol. The number of rotatable bonds is 8. The summed E-state index contributed by atoms with van der Waals surface area (Å²) < 4.78 is 0. The van der Waals surface area contributed by atoms with Crippen LogP contribution in [0, 0.1) is 0 Å². The standard InChI is InChI=1S/C25H33N3O2/c1-4-27(19-21-15-13-20(14-16-21)18-26(2)3)25(30)24(22-10-6-5-7-11-22)28-17-9-8-12-23(28)29/h5-7,10-11,13-16,24H,4,8-9,12,17-19H2,1-3H3. The van der Waals surface area contributed by atoms with E-state index >= 15 is 0 Å². The molecule has 1 saturated heterocycles. The first kappa shape index (κ1) is 22.0. The van der Waals surface area contributed by atoms with Crippen LogP contribution in [0.5, 0.6) is 0 Å². The van der Waals surface area contributed by atoms with Gasteiger partial charge in [-0.3, -0.25) is 9.59 Å². The molecule has 3 rings (SSSR count). The van der Waals surface area contributed by atoms with Crippen LogP contribution in [-0.2, 0) is 22.7 Å². The summed E-state index contributed by atoms with van der Waals surface area (Å²) in [7, 11) is 4.11. The van der Waals surface area contributed by atoms with E-state index in [1.165, 1.54) is 5.56 Å². The van der Waals surface area contributed by atoms with Gasteiger partial charge in [-0.05, 0) is 50.6 Å². The molecule has 0 bridgehead atoms. The Kier molecular flexibility index (Phi) is 7.63. The molecule has 5 nitrogen and oxygen atoms in total. The molecular formula is C25H33N3O2. The van der Waals surface area contributed by atoms with Crippen molar-refractivity contribution in [3.8, 4) is 0 Å². The second kappa shape index (κ2) is 10.4. The van der Waals surface area contributed by atoms with Gasteiger partial charge in [-0.25, -0.2) is 0 Å². The van der Waals surface area contributed by atoms with Gasteiger partial charge in [-0.2, -0.15) is 0 Å². The summed E-state index contributed by atoms with van der Waals surface area (Å²) in [6, 6.07) is 17.6. The highest BCUT2D eigenvalue weighted by Gasteiger charge is 2.34. The van der Waals surface area contributed by atoms with Crippen LogP contribution in [-0.4, -0.2) is 53.7 Å². The molecule has 2 aromatic carbocycles. The zero-order chi connectivity index (χ0) is 21.5. The van der Waals surface area contributed by atoms with Gasteiger partial charge < -0.3 is 14.7 Å². The number of benzene rings is 2. The molecule has 160 valence electrons. The summed E-state index contributed by atoms with van der Waals surface area (Å²) in [6.07, 6.45) is 2.37. The largest absolute Gasteiger partial charge is 0.337 e. The molecule has 0 aromatic heterocycles. The lowest BCUT2D eigenvalue weighted by Gasteiger charge is -2.37. The van der Waals surface area contributed by atoms with E-state index in [0.717, 1.165) is 30.5 Å². The molecule has 1 unspecified atom stereocenters. The Labute approximate surface area is 180 Å². The van der Waals surface area contributed by atoms with Crippen molar-refractivity contribution < 1.29 is 9.59 Å². The minimum atomic E-state index is -0.549. The maximum Gasteiger partial charge on any atom is 0.250 e. The molecule has 1 atom stereocenters. The number of nitrogens with zero attached hydrogens (tertiary/aromatic N) is 3. The van der Waals surface area contributed by atoms with Gasteiger partial charge in [0.2, 0.25) is 11.8 Å². The molecule has 0 saturated carbocycles. The zero-order valence-corrected chi connectivity index (χ0v) is 18.4. The topological polar surface area (TPSA) is 43.9 Å². The lowest BCUT2D eigenvalue weighted by atomic mass is 9.99. The van der Waals surface area contributed by atoms with Gasteiger partial charge >= 0.3 is 0 Å². The highest BCUT2D eigenvalue weighted by Crippen LogP contribution is 2.28. The van der Waals surface area contributed by atoms with Crippen LogP contribution in [0.3, 0.4) is 0 Å². The van der Waals surface area contributed by atoms with Crippen LogP contribution in [0.2, 0.25) is 0 Å². The summed E-state index contributed by atoms with van der Waals surface area (Å²) in [5.74, 6) is 0.0730. The quantitative estimate of drug-likeness (QED) is 0.668. The molecule has 0 radical (unpaired) electrons. The molecule has 0 N–H and O–H groups in total. The third-order valence-electron chi connectivity index (χ3n) is 5.61. The van der Waals surface area contributed by atoms with Crippen molar-refractivity contribution >= 4 is 11.8 Å². The van der Waals surface area contributed by atoms with Gasteiger partial charge in [-0.1, -0.05) is 54.6 Å². The molecule has 30 heavy (non-hydrogen) atoms. The van der Waals surface area contributed by atoms with E-state index < -0.39 is 6.04 Å². The number of likely N-dealkylation sites (N-methyl/N-ethyl adjacent to an activating group) is 1. The third kappa shape index (κ3) is 5.48. The Bertz CT molecular complexity index is 833. The first-order chi connectivity index (χ1) is 14.5. The molecule has 1 aliphatic rings. The van der Waals surface area contributed by atoms with E-state index in [9.17, 15) is 9.59 Å². The summed E-state index contributed by atoms with van der Waals surface area (Å²) in [6.45, 7) is 4.68. The van der Waals surface area contributed by atoms with Crippen LogP contribution in [0.1, 0.15) is 48.9 Å². The van der Waals surface area contributed by atoms with Crippen molar-refractivity contribution in [2.75, 3.05) is 27.2 Å². The number of carbonyl (C=O) groups is 2. The van der Waals surface area contributed by atoms with Crippen molar-refractivity contribution in [2.45, 2.75) is 45.3 Å². The predicted octanol–water partition coefficient (Wildman–Crippen LogP) is 3.85. The van der Waals surface area contributed by atoms with Gasteiger partial charge in [-0.15, -0.1) is 0 Å². The molecule has 0 spiro atoms. The van der Waals surface area contributed by atoms with Gasteiger partial charge in [0.25, 0.3) is 0 Å². The Morgan fingerprint density at radius 2 is 1.60 bits per heavy atom. The van der Waals surface area contributed by atoms with E-state index in [2.05, 4.69) is 43.3 Å². The van der Waals surface area contributed by atoms with Crippen LogP contribution in [0.4, 0.5) is 0 Å². The van der Waals surface area contributed by atoms with Crippen molar-refractivity contribution in [3.05, 3.63) is 71.3 Å². The molecule has 1 aliphatic heterocycles. The fraction of sp³-hybridized carbons (Fsp3) is 0.440. The minimum Gasteiger partial charge on any atom is -0.337 e. The minimum absolute atomic E-state index is 0.00341. The fourth-order valence-corrected chi connectivity index (χ4v) is 4.05. The zero-order valence-electron chi connectivity index (χ0n) is 18.4. The van der Waals surface area contributed by atoms with Crippen molar-refractivity contribution in [2.24, 2.45) is 0 Å². The average molecular weight is 408 g/mol. The lowest BCUT2D eigenvalue weighted by Crippen LogP contribution is -2.47. The normalized spacial score (nSPS) is 15.3. The Hall–Kier alpha value is -2.66. The van der Waals surface area contributed by atoms with E-state index in [1.807, 2.05) is 42.2 Å². The average Bonchev–Trinajstić information content (AvgIpc) is 2.75. The van der Waals surface area contributed by atoms with E-state index in [-0.39, 0.29) is 11.8 Å². The predicted molar refractivity (Wildman–Crippen MR) is 120 cm³/mol. The fourth-order valence-electron chi connectivity index (χ4n) is 4.05. The van der Waals surface area contributed by atoms with Crippen LogP contribution in [0.25, 0.3) is 0 Å². The second-order valence-electron chi connectivity index (χ2n) is 8.26. The van der Waals surface area contributed by atoms with Crippen molar-refractivity contribution in [1.82, 2.24) is 14.7 Å². The van der Waals surface area contributed by atoms with Crippen LogP contribution >= 0.6 is 0 Å². The molecule has 5 heteroatoms. The van der Waals surface area contributed by atoms with Crippen molar-refractivity contribution in [1.29, 1.82) is 0 Å². The maximum absolute atomic E-state index is 13.7. The number of piperidine rings is 1. The van der Waals surface area contributed by atoms with Gasteiger partial charge in [0.1, 0.15) is 6.04 Å². The maximum atomic E-state index is 13.7. The Balaban J connectivity index is 1.81. The van der Waals surface area contributed by atoms with E-state index in [4.69, 9.17) is 0 Å². The smallest absolute Gasteiger partial charge is 0.250 e. The summed E-state index contributed by atoms with van der Waals surface area (Å²) in [5, 5.41) is 0. The number of carbonyl (C=O) groups excluding carboxylic acids is 2. The molecule has 0 aliphatic carbocycles. The Morgan fingerprint density at radius 3 is 2.17 bits per heavy atom. The number of amides is 2. The highest BCUT2D eigenvalue weighted by molar-refractivity contribution is 5.89. The first-order valence-corrected chi connectivity index (χ1v) is 10.9. The SMILES string of the molecule is CCN(Cc1ccc(CN(C)C)cc1)C(=O)C(c1ccccc1)N1CCCCC1=O. The second-order valence-corrected chi connectivity index (χ2v) is 8.26. The summed E-state index contributed by atoms with van der Waals surface area (Å²) in [5.41, 5.74) is 3.24. The number of hydrogen-bond acceptors (Lipinski definition) is 3. The number of hydrogen-bond donors (Lipinski definition) is 0. The first-order valence-electron chi connectivity index (χ1n) is 10.9. The third-order valence-corrected chi connectivity index (χ3v) is 5.61. The summed E-state index contributed by atoms with van der Waals surface area (Å²) >= 11 is 0. The van der Waals surface area contributed by atoms with Gasteiger partial charge in [0.05, 0.1) is 0 Å². The van der Waals surface area contributed by atoms with E-state index in [1.54, 1.807) is 4.90 Å². The lowest BCUT2D eigenvalue weighted by molar-refractivity contribution is -0.148. The van der Waals surface area contributed by atoms with Crippen molar-refractivity contribution in [3.63, 3.8) is 0 Å². The molecule has 1 heterocycles.